The third-order valence-electron chi connectivity index (χ3n) is 5.16. The van der Waals surface area contributed by atoms with Gasteiger partial charge in [0.1, 0.15) is 16.5 Å². The average molecular weight is 453 g/mol. The predicted octanol–water partition coefficient (Wildman–Crippen LogP) is 5.92. The van der Waals surface area contributed by atoms with Crippen LogP contribution in [0.5, 0.6) is 5.75 Å². The zero-order valence-corrected chi connectivity index (χ0v) is 18.6. The van der Waals surface area contributed by atoms with Gasteiger partial charge in [-0.2, -0.15) is 5.10 Å². The Balaban J connectivity index is 1.51. The molecule has 0 bridgehead atoms. The quantitative estimate of drug-likeness (QED) is 0.347. The molecule has 3 aromatic carbocycles. The number of carbonyl (C=O) groups is 1. The van der Waals surface area contributed by atoms with Crippen LogP contribution in [0.4, 0.5) is 5.69 Å². The Morgan fingerprint density at radius 2 is 1.73 bits per heavy atom. The normalized spacial score (nSPS) is 10.7. The Morgan fingerprint density at radius 3 is 2.45 bits per heavy atom. The highest BCUT2D eigenvalue weighted by Gasteiger charge is 2.21. The lowest BCUT2D eigenvalue weighted by Crippen LogP contribution is -2.12. The number of nitrogens with one attached hydrogen (secondary N) is 1. The summed E-state index contributed by atoms with van der Waals surface area (Å²) in [5.41, 5.74) is 4.31. The number of carbonyl (C=O) groups excluding carboxylic acids is 1. The lowest BCUT2D eigenvalue weighted by atomic mass is 10.1. The number of amides is 1. The van der Waals surface area contributed by atoms with E-state index in [0.29, 0.717) is 22.7 Å². The summed E-state index contributed by atoms with van der Waals surface area (Å²) in [6, 6.07) is 24.9. The van der Waals surface area contributed by atoms with Crippen LogP contribution in [-0.2, 0) is 0 Å². The number of anilines is 1. The number of para-hydroxylation sites is 2. The Bertz CT molecular complexity index is 1380. The molecule has 7 heteroatoms. The van der Waals surface area contributed by atoms with Gasteiger partial charge < -0.3 is 10.1 Å². The van der Waals surface area contributed by atoms with E-state index in [1.807, 2.05) is 84.2 Å². The summed E-state index contributed by atoms with van der Waals surface area (Å²) in [5.74, 6) is 0.401. The first-order chi connectivity index (χ1) is 16.2. The van der Waals surface area contributed by atoms with Crippen molar-refractivity contribution in [1.29, 1.82) is 0 Å². The largest absolute Gasteiger partial charge is 0.496 e. The van der Waals surface area contributed by atoms with E-state index in [9.17, 15) is 4.79 Å². The number of nitrogens with zero attached hydrogens (tertiary/aromatic N) is 3. The Hall–Kier alpha value is -4.23. The number of thiazole rings is 1. The van der Waals surface area contributed by atoms with Gasteiger partial charge in [0.15, 0.2) is 0 Å². The van der Waals surface area contributed by atoms with Gasteiger partial charge in [-0.05, 0) is 48.5 Å². The number of hydrogen-bond acceptors (Lipinski definition) is 5. The van der Waals surface area contributed by atoms with Crippen LogP contribution in [0.3, 0.4) is 0 Å². The number of methoxy groups -OCH3 is 1. The predicted molar refractivity (Wildman–Crippen MR) is 131 cm³/mol. The van der Waals surface area contributed by atoms with E-state index >= 15 is 0 Å². The molecule has 0 aliphatic rings. The number of hydrogen-bond donors (Lipinski definition) is 1. The number of rotatable bonds is 6. The molecule has 162 valence electrons. The lowest BCUT2D eigenvalue weighted by molar-refractivity contribution is 0.102. The van der Waals surface area contributed by atoms with Crippen molar-refractivity contribution >= 4 is 22.9 Å². The molecule has 6 nitrogen and oxygen atoms in total. The van der Waals surface area contributed by atoms with Gasteiger partial charge in [-0.15, -0.1) is 11.3 Å². The first kappa shape index (κ1) is 20.7. The van der Waals surface area contributed by atoms with Crippen molar-refractivity contribution in [1.82, 2.24) is 14.8 Å². The summed E-state index contributed by atoms with van der Waals surface area (Å²) in [6.45, 7) is 0. The van der Waals surface area contributed by atoms with Crippen LogP contribution < -0.4 is 10.1 Å². The fourth-order valence-electron chi connectivity index (χ4n) is 3.55. The highest BCUT2D eigenvalue weighted by molar-refractivity contribution is 7.13. The second-order valence-corrected chi connectivity index (χ2v) is 8.14. The van der Waals surface area contributed by atoms with E-state index in [1.54, 1.807) is 35.5 Å². The number of aromatic nitrogens is 3. The summed E-state index contributed by atoms with van der Waals surface area (Å²) in [5, 5.41) is 10.6. The molecule has 0 atom stereocenters. The summed E-state index contributed by atoms with van der Waals surface area (Å²) >= 11 is 1.58. The Kier molecular flexibility index (Phi) is 5.70. The highest BCUT2D eigenvalue weighted by Crippen LogP contribution is 2.32. The van der Waals surface area contributed by atoms with Crippen LogP contribution in [-0.4, -0.2) is 27.8 Å². The fraction of sp³-hybridized carbons (Fsp3) is 0.0385. The van der Waals surface area contributed by atoms with Gasteiger partial charge in [0, 0.05) is 34.6 Å². The Labute approximate surface area is 195 Å². The van der Waals surface area contributed by atoms with Crippen LogP contribution in [0.25, 0.3) is 27.5 Å². The van der Waals surface area contributed by atoms with Crippen molar-refractivity contribution in [2.75, 3.05) is 12.4 Å². The molecule has 33 heavy (non-hydrogen) atoms. The second kappa shape index (κ2) is 9.10. The van der Waals surface area contributed by atoms with Crippen molar-refractivity contribution in [2.45, 2.75) is 0 Å². The molecule has 0 saturated heterocycles. The first-order valence-corrected chi connectivity index (χ1v) is 11.2. The molecule has 0 aliphatic carbocycles. The van der Waals surface area contributed by atoms with Crippen molar-refractivity contribution in [3.63, 3.8) is 0 Å². The molecule has 1 amide bonds. The van der Waals surface area contributed by atoms with Gasteiger partial charge in [-0.3, -0.25) is 4.79 Å². The molecule has 5 rings (SSSR count). The zero-order valence-electron chi connectivity index (χ0n) is 17.8. The molecule has 0 unspecified atom stereocenters. The van der Waals surface area contributed by atoms with E-state index in [2.05, 4.69) is 10.3 Å². The van der Waals surface area contributed by atoms with Crippen molar-refractivity contribution in [3.05, 3.63) is 102 Å². The van der Waals surface area contributed by atoms with Crippen LogP contribution in [0.1, 0.15) is 10.4 Å². The Morgan fingerprint density at radius 1 is 0.970 bits per heavy atom. The van der Waals surface area contributed by atoms with Crippen LogP contribution in [0, 0.1) is 0 Å². The molecule has 0 radical (unpaired) electrons. The molecule has 0 fully saturated rings. The molecule has 5 aromatic rings. The van der Waals surface area contributed by atoms with Crippen LogP contribution in [0.2, 0.25) is 0 Å². The molecule has 2 aromatic heterocycles. The summed E-state index contributed by atoms with van der Waals surface area (Å²) in [6.07, 6.45) is 3.52. The van der Waals surface area contributed by atoms with Gasteiger partial charge in [-0.25, -0.2) is 9.67 Å². The van der Waals surface area contributed by atoms with Crippen LogP contribution in [0.15, 0.2) is 96.6 Å². The maximum absolute atomic E-state index is 13.4. The third-order valence-corrected chi connectivity index (χ3v) is 5.99. The minimum atomic E-state index is -0.250. The van der Waals surface area contributed by atoms with Gasteiger partial charge in [0.25, 0.3) is 5.91 Å². The fourth-order valence-corrected chi connectivity index (χ4v) is 4.20. The highest BCUT2D eigenvalue weighted by atomic mass is 32.1. The SMILES string of the molecule is COc1ccccc1-c1nn(-c2ccccc2)cc1C(=O)Nc1ccc(-c2nccs2)cc1. The van der Waals surface area contributed by atoms with Crippen molar-refractivity contribution in [3.8, 4) is 33.3 Å². The minimum Gasteiger partial charge on any atom is -0.496 e. The molecule has 0 saturated carbocycles. The van der Waals surface area contributed by atoms with Gasteiger partial charge in [0.05, 0.1) is 18.4 Å². The minimum absolute atomic E-state index is 0.250. The van der Waals surface area contributed by atoms with E-state index < -0.39 is 0 Å². The molecular formula is C26H20N4O2S. The van der Waals surface area contributed by atoms with E-state index in [-0.39, 0.29) is 5.91 Å². The standard InChI is InChI=1S/C26H20N4O2S/c1-32-23-10-6-5-9-21(23)24-22(17-30(29-24)20-7-3-2-4-8-20)25(31)28-19-13-11-18(12-14-19)26-27-15-16-33-26/h2-17H,1H3,(H,28,31). The maximum Gasteiger partial charge on any atom is 0.259 e. The van der Waals surface area contributed by atoms with E-state index in [4.69, 9.17) is 9.84 Å². The van der Waals surface area contributed by atoms with E-state index in [1.165, 1.54) is 0 Å². The number of ether oxygens (including phenoxy) is 1. The monoisotopic (exact) mass is 452 g/mol. The van der Waals surface area contributed by atoms with Crippen molar-refractivity contribution < 1.29 is 9.53 Å². The maximum atomic E-state index is 13.4. The molecule has 0 spiro atoms. The average Bonchev–Trinajstić information content (AvgIpc) is 3.56. The van der Waals surface area contributed by atoms with Gasteiger partial charge in [-0.1, -0.05) is 30.3 Å². The third kappa shape index (κ3) is 4.26. The molecule has 2 heterocycles. The smallest absolute Gasteiger partial charge is 0.259 e. The first-order valence-electron chi connectivity index (χ1n) is 10.3. The molecule has 1 N–H and O–H groups in total. The van der Waals surface area contributed by atoms with Gasteiger partial charge in [0.2, 0.25) is 0 Å². The van der Waals surface area contributed by atoms with Crippen molar-refractivity contribution in [2.24, 2.45) is 0 Å². The lowest BCUT2D eigenvalue weighted by Gasteiger charge is -2.09. The topological polar surface area (TPSA) is 69.0 Å². The number of benzene rings is 3. The summed E-state index contributed by atoms with van der Waals surface area (Å²) < 4.78 is 7.24. The molecule has 0 aliphatic heterocycles. The van der Waals surface area contributed by atoms with Crippen LogP contribution >= 0.6 is 11.3 Å². The molecular weight excluding hydrogens is 432 g/mol. The van der Waals surface area contributed by atoms with E-state index in [0.717, 1.165) is 21.8 Å². The zero-order chi connectivity index (χ0) is 22.6. The van der Waals surface area contributed by atoms with Gasteiger partial charge >= 0.3 is 0 Å². The second-order valence-electron chi connectivity index (χ2n) is 7.24. The summed E-state index contributed by atoms with van der Waals surface area (Å²) in [7, 11) is 1.61. The summed E-state index contributed by atoms with van der Waals surface area (Å²) in [4.78, 5) is 17.7.